The molecule has 0 fully saturated rings. The lowest BCUT2D eigenvalue weighted by Gasteiger charge is -2.06. The van der Waals surface area contributed by atoms with E-state index in [2.05, 4.69) is 0 Å². The lowest BCUT2D eigenvalue weighted by molar-refractivity contribution is -0.385. The molecule has 0 aliphatic heterocycles. The van der Waals surface area contributed by atoms with Crippen molar-refractivity contribution in [3.05, 3.63) is 56.1 Å². The van der Waals surface area contributed by atoms with Gasteiger partial charge in [-0.25, -0.2) is 0 Å². The summed E-state index contributed by atoms with van der Waals surface area (Å²) in [5.74, 6) is 0.533. The Hall–Kier alpha value is -1.83. The fraction of sp³-hybridized carbons (Fsp3) is 0. The van der Waals surface area contributed by atoms with Crippen molar-refractivity contribution in [3.63, 3.8) is 0 Å². The predicted molar refractivity (Wildman–Crippen MR) is 74.0 cm³/mol. The van der Waals surface area contributed by atoms with Crippen molar-refractivity contribution < 1.29 is 14.8 Å². The largest absolute Gasteiger partial charge is 0.508 e. The van der Waals surface area contributed by atoms with Crippen molar-refractivity contribution in [3.8, 4) is 17.2 Å². The van der Waals surface area contributed by atoms with Gasteiger partial charge in [0.15, 0.2) is 0 Å². The molecule has 0 saturated heterocycles. The van der Waals surface area contributed by atoms with E-state index in [1.54, 1.807) is 18.2 Å². The van der Waals surface area contributed by atoms with E-state index in [1.165, 1.54) is 24.3 Å². The highest BCUT2D eigenvalue weighted by Gasteiger charge is 2.16. The van der Waals surface area contributed by atoms with Gasteiger partial charge in [0, 0.05) is 15.7 Å². The molecule has 0 amide bonds. The van der Waals surface area contributed by atoms with Gasteiger partial charge in [-0.05, 0) is 46.9 Å². The van der Waals surface area contributed by atoms with Crippen LogP contribution in [0.1, 0.15) is 0 Å². The van der Waals surface area contributed by atoms with Gasteiger partial charge in [0.1, 0.15) is 11.5 Å². The number of rotatable bonds is 3. The number of phenols is 1. The maximum atomic E-state index is 10.9. The number of hydrogen-bond donors (Lipinski definition) is 1. The summed E-state index contributed by atoms with van der Waals surface area (Å²) in [4.78, 5) is 10.4. The Balaban J connectivity index is 2.37. The molecular weight excluding hydrogens is 349 g/mol. The first-order valence-electron chi connectivity index (χ1n) is 4.97. The standard InChI is InChI=1S/C12H8INO4/c13-8-4-5-12(11(6-8)14(16)17)18-10-3-1-2-9(15)7-10/h1-7,15H. The van der Waals surface area contributed by atoms with Gasteiger partial charge >= 0.3 is 5.69 Å². The minimum atomic E-state index is -0.500. The van der Waals surface area contributed by atoms with Gasteiger partial charge < -0.3 is 9.84 Å². The molecular formula is C12H8INO4. The maximum Gasteiger partial charge on any atom is 0.312 e. The van der Waals surface area contributed by atoms with Gasteiger partial charge in [-0.1, -0.05) is 6.07 Å². The molecule has 0 heterocycles. The molecule has 2 rings (SSSR count). The Kier molecular flexibility index (Phi) is 3.66. The average molecular weight is 357 g/mol. The summed E-state index contributed by atoms with van der Waals surface area (Å²) >= 11 is 1.99. The van der Waals surface area contributed by atoms with E-state index in [4.69, 9.17) is 4.74 Å². The molecule has 92 valence electrons. The number of benzene rings is 2. The second-order valence-electron chi connectivity index (χ2n) is 3.47. The van der Waals surface area contributed by atoms with Crippen molar-refractivity contribution in [2.75, 3.05) is 0 Å². The van der Waals surface area contributed by atoms with Crippen molar-refractivity contribution in [2.45, 2.75) is 0 Å². The molecule has 0 radical (unpaired) electrons. The summed E-state index contributed by atoms with van der Waals surface area (Å²) in [6, 6.07) is 10.8. The third kappa shape index (κ3) is 2.89. The van der Waals surface area contributed by atoms with E-state index in [1.807, 2.05) is 22.6 Å². The van der Waals surface area contributed by atoms with Crippen LogP contribution in [-0.4, -0.2) is 10.0 Å². The summed E-state index contributed by atoms with van der Waals surface area (Å²) in [6.45, 7) is 0. The molecule has 2 aromatic rings. The Morgan fingerprint density at radius 3 is 2.67 bits per heavy atom. The van der Waals surface area contributed by atoms with Crippen LogP contribution in [0.15, 0.2) is 42.5 Å². The Bertz CT molecular complexity index is 600. The minimum Gasteiger partial charge on any atom is -0.508 e. The molecule has 0 saturated carbocycles. The SMILES string of the molecule is O=[N+]([O-])c1cc(I)ccc1Oc1cccc(O)c1. The second-order valence-corrected chi connectivity index (χ2v) is 4.71. The van der Waals surface area contributed by atoms with E-state index < -0.39 is 4.92 Å². The van der Waals surface area contributed by atoms with Crippen LogP contribution >= 0.6 is 22.6 Å². The average Bonchev–Trinajstić information content (AvgIpc) is 2.31. The predicted octanol–water partition coefficient (Wildman–Crippen LogP) is 3.70. The molecule has 2 aromatic carbocycles. The maximum absolute atomic E-state index is 10.9. The van der Waals surface area contributed by atoms with Crippen LogP contribution in [0.3, 0.4) is 0 Å². The Morgan fingerprint density at radius 2 is 2.00 bits per heavy atom. The normalized spacial score (nSPS) is 10.1. The summed E-state index contributed by atoms with van der Waals surface area (Å²) < 4.78 is 6.15. The summed E-state index contributed by atoms with van der Waals surface area (Å²) in [6.07, 6.45) is 0. The van der Waals surface area contributed by atoms with Gasteiger partial charge in [-0.3, -0.25) is 10.1 Å². The molecule has 0 aliphatic rings. The zero-order valence-corrected chi connectivity index (χ0v) is 11.2. The summed E-state index contributed by atoms with van der Waals surface area (Å²) in [5, 5.41) is 20.2. The third-order valence-electron chi connectivity index (χ3n) is 2.16. The first-order chi connectivity index (χ1) is 8.56. The highest BCUT2D eigenvalue weighted by Crippen LogP contribution is 2.33. The number of nitro groups is 1. The summed E-state index contributed by atoms with van der Waals surface area (Å²) in [5.41, 5.74) is -0.106. The van der Waals surface area contributed by atoms with Crippen molar-refractivity contribution in [2.24, 2.45) is 0 Å². The van der Waals surface area contributed by atoms with E-state index in [-0.39, 0.29) is 17.2 Å². The molecule has 0 aliphatic carbocycles. The van der Waals surface area contributed by atoms with Crippen molar-refractivity contribution in [1.29, 1.82) is 0 Å². The lowest BCUT2D eigenvalue weighted by atomic mass is 10.3. The van der Waals surface area contributed by atoms with Crippen LogP contribution in [0.25, 0.3) is 0 Å². The van der Waals surface area contributed by atoms with Gasteiger partial charge in [-0.2, -0.15) is 0 Å². The first kappa shape index (κ1) is 12.6. The van der Waals surface area contributed by atoms with Gasteiger partial charge in [0.05, 0.1) is 4.92 Å². The highest BCUT2D eigenvalue weighted by molar-refractivity contribution is 14.1. The number of phenolic OH excluding ortho intramolecular Hbond substituents is 1. The molecule has 5 nitrogen and oxygen atoms in total. The molecule has 0 bridgehead atoms. The van der Waals surface area contributed by atoms with E-state index in [0.717, 1.165) is 3.57 Å². The zero-order valence-electron chi connectivity index (χ0n) is 9.04. The second kappa shape index (κ2) is 5.21. The number of nitrogens with zero attached hydrogens (tertiary/aromatic N) is 1. The number of halogens is 1. The van der Waals surface area contributed by atoms with Gasteiger partial charge in [0.2, 0.25) is 5.75 Å². The monoisotopic (exact) mass is 357 g/mol. The van der Waals surface area contributed by atoms with Crippen LogP contribution in [0, 0.1) is 13.7 Å². The molecule has 0 unspecified atom stereocenters. The molecule has 0 spiro atoms. The van der Waals surface area contributed by atoms with Crippen LogP contribution in [0.5, 0.6) is 17.2 Å². The van der Waals surface area contributed by atoms with Gasteiger partial charge in [-0.15, -0.1) is 0 Å². The van der Waals surface area contributed by atoms with Crippen LogP contribution in [-0.2, 0) is 0 Å². The topological polar surface area (TPSA) is 72.6 Å². The first-order valence-corrected chi connectivity index (χ1v) is 6.05. The van der Waals surface area contributed by atoms with E-state index in [0.29, 0.717) is 5.75 Å². The molecule has 1 N–H and O–H groups in total. The van der Waals surface area contributed by atoms with Crippen LogP contribution in [0.2, 0.25) is 0 Å². The molecule has 0 atom stereocenters. The Labute approximate surface area is 116 Å². The van der Waals surface area contributed by atoms with Crippen LogP contribution < -0.4 is 4.74 Å². The van der Waals surface area contributed by atoms with Crippen molar-refractivity contribution >= 4 is 28.3 Å². The highest BCUT2D eigenvalue weighted by atomic mass is 127. The van der Waals surface area contributed by atoms with E-state index >= 15 is 0 Å². The fourth-order valence-corrected chi connectivity index (χ4v) is 1.87. The van der Waals surface area contributed by atoms with Crippen LogP contribution in [0.4, 0.5) is 5.69 Å². The lowest BCUT2D eigenvalue weighted by Crippen LogP contribution is -1.94. The minimum absolute atomic E-state index is 0.0423. The van der Waals surface area contributed by atoms with Gasteiger partial charge in [0.25, 0.3) is 0 Å². The smallest absolute Gasteiger partial charge is 0.312 e. The Morgan fingerprint density at radius 1 is 1.22 bits per heavy atom. The zero-order chi connectivity index (χ0) is 13.1. The number of ether oxygens (including phenoxy) is 1. The molecule has 6 heteroatoms. The van der Waals surface area contributed by atoms with Crippen molar-refractivity contribution in [1.82, 2.24) is 0 Å². The fourth-order valence-electron chi connectivity index (χ4n) is 1.39. The number of hydrogen-bond acceptors (Lipinski definition) is 4. The third-order valence-corrected chi connectivity index (χ3v) is 2.83. The summed E-state index contributed by atoms with van der Waals surface area (Å²) in [7, 11) is 0. The van der Waals surface area contributed by atoms with E-state index in [9.17, 15) is 15.2 Å². The molecule has 0 aromatic heterocycles. The number of aromatic hydroxyl groups is 1. The number of nitro benzene ring substituents is 1. The molecule has 18 heavy (non-hydrogen) atoms. The quantitative estimate of drug-likeness (QED) is 0.517.